The standard InChI is InChI=1S/C12H14N4O7S/c1-13-7(17)5(8(18)14(2)11(13)21)24(23)6-9(19)15(3)12(22)16(4)10(6)20/h17,19H,1-4H3/p-2. The van der Waals surface area contributed by atoms with Crippen LogP contribution in [0.15, 0.2) is 29.0 Å². The quantitative estimate of drug-likeness (QED) is 0.529. The van der Waals surface area contributed by atoms with E-state index in [0.717, 1.165) is 28.2 Å². The maximum absolute atomic E-state index is 12.6. The second-order valence-corrected chi connectivity index (χ2v) is 6.30. The van der Waals surface area contributed by atoms with Gasteiger partial charge in [-0.3, -0.25) is 18.7 Å². The Morgan fingerprint density at radius 2 is 0.958 bits per heavy atom. The molecule has 0 atom stereocenters. The minimum atomic E-state index is -2.76. The van der Waals surface area contributed by atoms with E-state index in [0.29, 0.717) is 18.3 Å². The van der Waals surface area contributed by atoms with Crippen molar-refractivity contribution in [1.29, 1.82) is 0 Å². The maximum Gasteiger partial charge on any atom is 0.329 e. The first kappa shape index (κ1) is 17.5. The molecule has 0 saturated heterocycles. The molecule has 0 aliphatic rings. The van der Waals surface area contributed by atoms with Crippen molar-refractivity contribution in [3.8, 4) is 11.8 Å². The third-order valence-electron chi connectivity index (χ3n) is 3.51. The van der Waals surface area contributed by atoms with E-state index >= 15 is 0 Å². The molecular weight excluding hydrogens is 344 g/mol. The monoisotopic (exact) mass is 356 g/mol. The fraction of sp³-hybridized carbons (Fsp3) is 0.333. The predicted molar refractivity (Wildman–Crippen MR) is 77.4 cm³/mol. The van der Waals surface area contributed by atoms with Crippen molar-refractivity contribution < 1.29 is 14.4 Å². The van der Waals surface area contributed by atoms with E-state index < -0.39 is 54.8 Å². The van der Waals surface area contributed by atoms with Gasteiger partial charge in [-0.1, -0.05) is 0 Å². The van der Waals surface area contributed by atoms with Crippen molar-refractivity contribution in [3.05, 3.63) is 41.7 Å². The van der Waals surface area contributed by atoms with Crippen LogP contribution in [-0.2, 0) is 39.0 Å². The number of hydrogen-bond donors (Lipinski definition) is 0. The molecule has 2 aromatic heterocycles. The summed E-state index contributed by atoms with van der Waals surface area (Å²) < 4.78 is 14.7. The third kappa shape index (κ3) is 2.22. The Bertz CT molecular complexity index is 1030. The first-order chi connectivity index (χ1) is 11.0. The van der Waals surface area contributed by atoms with Crippen LogP contribution in [0.3, 0.4) is 0 Å². The largest absolute Gasteiger partial charge is 0.859 e. The van der Waals surface area contributed by atoms with Gasteiger partial charge in [-0.05, 0) is 11.8 Å². The Morgan fingerprint density at radius 1 is 0.667 bits per heavy atom. The lowest BCUT2D eigenvalue weighted by Crippen LogP contribution is -2.43. The molecule has 0 N–H and O–H groups in total. The van der Waals surface area contributed by atoms with Crippen LogP contribution in [0, 0.1) is 0 Å². The van der Waals surface area contributed by atoms with Gasteiger partial charge in [0.1, 0.15) is 9.79 Å². The highest BCUT2D eigenvalue weighted by atomic mass is 32.2. The van der Waals surface area contributed by atoms with E-state index in [-0.39, 0.29) is 0 Å². The SMILES string of the molecule is Cn1c([O-])c(S(=O)c2c([O-])n(C)c(=O)n(C)c2=O)c(=O)n(C)c1=O. The van der Waals surface area contributed by atoms with Crippen molar-refractivity contribution in [1.82, 2.24) is 18.3 Å². The summed E-state index contributed by atoms with van der Waals surface area (Å²) in [6.45, 7) is 0. The fourth-order valence-electron chi connectivity index (χ4n) is 2.01. The van der Waals surface area contributed by atoms with Crippen LogP contribution in [0.5, 0.6) is 11.8 Å². The van der Waals surface area contributed by atoms with Crippen LogP contribution in [0.25, 0.3) is 0 Å². The molecule has 2 heterocycles. The second kappa shape index (κ2) is 5.63. The van der Waals surface area contributed by atoms with Crippen molar-refractivity contribution in [2.75, 3.05) is 0 Å². The van der Waals surface area contributed by atoms with Gasteiger partial charge in [0.25, 0.3) is 11.1 Å². The Morgan fingerprint density at radius 3 is 1.25 bits per heavy atom. The third-order valence-corrected chi connectivity index (χ3v) is 4.95. The summed E-state index contributed by atoms with van der Waals surface area (Å²) in [6, 6.07) is 0. The Hall–Kier alpha value is -2.89. The molecule has 0 saturated carbocycles. The highest BCUT2D eigenvalue weighted by Crippen LogP contribution is 2.20. The van der Waals surface area contributed by atoms with Gasteiger partial charge in [0, 0.05) is 28.2 Å². The van der Waals surface area contributed by atoms with Crippen LogP contribution in [0.1, 0.15) is 0 Å². The summed E-state index contributed by atoms with van der Waals surface area (Å²) in [5, 5.41) is 24.2. The summed E-state index contributed by atoms with van der Waals surface area (Å²) in [7, 11) is 1.47. The Balaban J connectivity index is 2.97. The molecule has 130 valence electrons. The van der Waals surface area contributed by atoms with Gasteiger partial charge in [-0.15, -0.1) is 0 Å². The number of rotatable bonds is 2. The molecule has 0 aromatic carbocycles. The van der Waals surface area contributed by atoms with Crippen LogP contribution in [0.2, 0.25) is 0 Å². The van der Waals surface area contributed by atoms with E-state index in [1.54, 1.807) is 0 Å². The molecule has 0 aliphatic heterocycles. The topological polar surface area (TPSA) is 151 Å². The average Bonchev–Trinajstić information content (AvgIpc) is 2.55. The number of nitrogens with zero attached hydrogens (tertiary/aromatic N) is 4. The van der Waals surface area contributed by atoms with Crippen molar-refractivity contribution in [3.63, 3.8) is 0 Å². The molecule has 2 rings (SSSR count). The zero-order valence-electron chi connectivity index (χ0n) is 13.1. The zero-order valence-corrected chi connectivity index (χ0v) is 13.9. The molecular formula is C12H12N4O7S-2. The molecule has 0 spiro atoms. The highest BCUT2D eigenvalue weighted by molar-refractivity contribution is 7.85. The van der Waals surface area contributed by atoms with Gasteiger partial charge in [-0.25, -0.2) is 13.8 Å². The molecule has 0 aliphatic carbocycles. The van der Waals surface area contributed by atoms with E-state index in [1.165, 1.54) is 0 Å². The molecule has 11 nitrogen and oxygen atoms in total. The molecule has 0 radical (unpaired) electrons. The van der Waals surface area contributed by atoms with Crippen LogP contribution in [0.4, 0.5) is 0 Å². The minimum absolute atomic E-state index is 0.533. The maximum atomic E-state index is 12.6. The highest BCUT2D eigenvalue weighted by Gasteiger charge is 2.22. The second-order valence-electron chi connectivity index (χ2n) is 4.95. The van der Waals surface area contributed by atoms with Gasteiger partial charge < -0.3 is 19.3 Å². The smallest absolute Gasteiger partial charge is 0.329 e. The summed E-state index contributed by atoms with van der Waals surface area (Å²) in [5.41, 5.74) is -4.25. The van der Waals surface area contributed by atoms with Gasteiger partial charge in [0.05, 0.1) is 10.8 Å². The lowest BCUT2D eigenvalue weighted by molar-refractivity contribution is -0.284. The Labute approximate surface area is 135 Å². The Kier molecular flexibility index (Phi) is 4.10. The molecule has 0 unspecified atom stereocenters. The lowest BCUT2D eigenvalue weighted by Gasteiger charge is -2.21. The summed E-state index contributed by atoms with van der Waals surface area (Å²) >= 11 is 0. The molecule has 0 fully saturated rings. The van der Waals surface area contributed by atoms with Crippen LogP contribution < -0.4 is 32.7 Å². The van der Waals surface area contributed by atoms with Crippen LogP contribution >= 0.6 is 0 Å². The van der Waals surface area contributed by atoms with E-state index in [1.807, 2.05) is 0 Å². The number of aromatic nitrogens is 4. The van der Waals surface area contributed by atoms with E-state index in [9.17, 15) is 33.6 Å². The van der Waals surface area contributed by atoms with Gasteiger partial charge >= 0.3 is 11.4 Å². The first-order valence-corrected chi connectivity index (χ1v) is 7.53. The average molecular weight is 356 g/mol. The summed E-state index contributed by atoms with van der Waals surface area (Å²) in [6.07, 6.45) is 0. The van der Waals surface area contributed by atoms with Gasteiger partial charge in [-0.2, -0.15) is 0 Å². The fourth-order valence-corrected chi connectivity index (χ4v) is 3.40. The summed E-state index contributed by atoms with van der Waals surface area (Å²) in [4.78, 5) is 45.7. The summed E-state index contributed by atoms with van der Waals surface area (Å²) in [5.74, 6) is -2.37. The van der Waals surface area contributed by atoms with E-state index in [4.69, 9.17) is 0 Å². The molecule has 12 heteroatoms. The zero-order chi connectivity index (χ0) is 18.5. The van der Waals surface area contributed by atoms with Crippen LogP contribution in [-0.4, -0.2) is 22.5 Å². The molecule has 0 amide bonds. The minimum Gasteiger partial charge on any atom is -0.859 e. The molecule has 2 aromatic rings. The first-order valence-electron chi connectivity index (χ1n) is 6.38. The van der Waals surface area contributed by atoms with Crippen molar-refractivity contribution in [2.24, 2.45) is 28.2 Å². The predicted octanol–water partition coefficient (Wildman–Crippen LogP) is -4.20. The normalized spacial score (nSPS) is 11.2. The van der Waals surface area contributed by atoms with Crippen molar-refractivity contribution in [2.45, 2.75) is 9.79 Å². The van der Waals surface area contributed by atoms with Gasteiger partial charge in [0.15, 0.2) is 0 Å². The van der Waals surface area contributed by atoms with Crippen molar-refractivity contribution >= 4 is 10.8 Å². The number of hydrogen-bond acceptors (Lipinski definition) is 7. The molecule has 24 heavy (non-hydrogen) atoms. The van der Waals surface area contributed by atoms with Gasteiger partial charge in [0.2, 0.25) is 0 Å². The lowest BCUT2D eigenvalue weighted by atomic mass is 10.5. The molecule has 0 bridgehead atoms. The van der Waals surface area contributed by atoms with E-state index in [2.05, 4.69) is 0 Å².